The van der Waals surface area contributed by atoms with Gasteiger partial charge in [-0.25, -0.2) is 0 Å². The van der Waals surface area contributed by atoms with Gasteiger partial charge in [0.1, 0.15) is 0 Å². The Morgan fingerprint density at radius 1 is 1.54 bits per heavy atom. The van der Waals surface area contributed by atoms with Crippen molar-refractivity contribution in [3.8, 4) is 0 Å². The number of ether oxygens (including phenoxy) is 1. The second-order valence-corrected chi connectivity index (χ2v) is 4.02. The molecule has 1 fully saturated rings. The Morgan fingerprint density at radius 3 is 2.92 bits per heavy atom. The van der Waals surface area contributed by atoms with E-state index in [1.54, 1.807) is 0 Å². The van der Waals surface area contributed by atoms with Crippen LogP contribution in [0.25, 0.3) is 0 Å². The van der Waals surface area contributed by atoms with Crippen molar-refractivity contribution in [2.75, 3.05) is 46.9 Å². The van der Waals surface area contributed by atoms with Gasteiger partial charge in [0, 0.05) is 19.6 Å². The van der Waals surface area contributed by atoms with Crippen LogP contribution in [0.5, 0.6) is 0 Å². The lowest BCUT2D eigenvalue weighted by molar-refractivity contribution is -0.0324. The van der Waals surface area contributed by atoms with Gasteiger partial charge < -0.3 is 14.5 Å². The fourth-order valence-electron chi connectivity index (χ4n) is 1.80. The monoisotopic (exact) mass is 186 g/mol. The van der Waals surface area contributed by atoms with E-state index in [1.807, 2.05) is 0 Å². The zero-order valence-electron chi connectivity index (χ0n) is 9.12. The Balaban J connectivity index is 2.19. The van der Waals surface area contributed by atoms with E-state index in [1.165, 1.54) is 13.0 Å². The highest BCUT2D eigenvalue weighted by Gasteiger charge is 2.18. The van der Waals surface area contributed by atoms with Gasteiger partial charge in [-0.1, -0.05) is 6.92 Å². The first-order valence-corrected chi connectivity index (χ1v) is 5.21. The summed E-state index contributed by atoms with van der Waals surface area (Å²) in [6.45, 7) is 7.50. The molecule has 0 amide bonds. The molecule has 1 unspecified atom stereocenters. The zero-order valence-corrected chi connectivity index (χ0v) is 9.12. The van der Waals surface area contributed by atoms with Crippen molar-refractivity contribution in [1.82, 2.24) is 9.80 Å². The van der Waals surface area contributed by atoms with E-state index in [0.717, 1.165) is 26.2 Å². The molecule has 13 heavy (non-hydrogen) atoms. The van der Waals surface area contributed by atoms with Gasteiger partial charge in [-0.15, -0.1) is 0 Å². The number of morpholine rings is 1. The van der Waals surface area contributed by atoms with Crippen LogP contribution in [0.3, 0.4) is 0 Å². The molecule has 0 saturated carbocycles. The van der Waals surface area contributed by atoms with Gasteiger partial charge in [-0.05, 0) is 27.1 Å². The molecular formula is C10H22N2O. The summed E-state index contributed by atoms with van der Waals surface area (Å²) in [5, 5.41) is 0. The summed E-state index contributed by atoms with van der Waals surface area (Å²) in [6.07, 6.45) is 1.63. The highest BCUT2D eigenvalue weighted by molar-refractivity contribution is 4.71. The predicted octanol–water partition coefficient (Wildman–Crippen LogP) is 0.659. The Kier molecular flexibility index (Phi) is 4.70. The van der Waals surface area contributed by atoms with Crippen LogP contribution in [-0.4, -0.2) is 62.8 Å². The van der Waals surface area contributed by atoms with Crippen molar-refractivity contribution in [2.24, 2.45) is 0 Å². The van der Waals surface area contributed by atoms with E-state index in [-0.39, 0.29) is 0 Å². The molecule has 0 N–H and O–H groups in total. The van der Waals surface area contributed by atoms with E-state index in [9.17, 15) is 0 Å². The molecule has 0 spiro atoms. The fourth-order valence-corrected chi connectivity index (χ4v) is 1.80. The summed E-state index contributed by atoms with van der Waals surface area (Å²) in [7, 11) is 4.33. The van der Waals surface area contributed by atoms with Gasteiger partial charge in [0.05, 0.1) is 12.7 Å². The lowest BCUT2D eigenvalue weighted by atomic mass is 10.2. The Labute approximate surface area is 81.7 Å². The molecule has 0 aliphatic carbocycles. The first-order chi connectivity index (χ1) is 6.22. The van der Waals surface area contributed by atoms with Crippen molar-refractivity contribution < 1.29 is 4.74 Å². The largest absolute Gasteiger partial charge is 0.374 e. The van der Waals surface area contributed by atoms with Crippen LogP contribution < -0.4 is 0 Å². The summed E-state index contributed by atoms with van der Waals surface area (Å²) in [4.78, 5) is 4.69. The van der Waals surface area contributed by atoms with Gasteiger partial charge in [0.2, 0.25) is 0 Å². The van der Waals surface area contributed by atoms with Crippen LogP contribution in [0.1, 0.15) is 13.3 Å². The van der Waals surface area contributed by atoms with Crippen molar-refractivity contribution in [3.63, 3.8) is 0 Å². The first kappa shape index (κ1) is 11.0. The van der Waals surface area contributed by atoms with Crippen LogP contribution in [0.15, 0.2) is 0 Å². The van der Waals surface area contributed by atoms with Gasteiger partial charge in [-0.2, -0.15) is 0 Å². The molecule has 1 aliphatic heterocycles. The summed E-state index contributed by atoms with van der Waals surface area (Å²) >= 11 is 0. The average molecular weight is 186 g/mol. The van der Waals surface area contributed by atoms with E-state index in [2.05, 4.69) is 30.8 Å². The summed E-state index contributed by atoms with van der Waals surface area (Å²) < 4.78 is 5.68. The third-order valence-corrected chi connectivity index (χ3v) is 2.46. The molecule has 1 rings (SSSR count). The summed E-state index contributed by atoms with van der Waals surface area (Å²) in [6, 6.07) is 0. The van der Waals surface area contributed by atoms with E-state index in [4.69, 9.17) is 4.74 Å². The van der Waals surface area contributed by atoms with E-state index >= 15 is 0 Å². The Bertz CT molecular complexity index is 141. The van der Waals surface area contributed by atoms with Crippen molar-refractivity contribution >= 4 is 0 Å². The second kappa shape index (κ2) is 5.58. The molecule has 0 bridgehead atoms. The smallest absolute Gasteiger partial charge is 0.0829 e. The van der Waals surface area contributed by atoms with E-state index < -0.39 is 0 Å². The molecule has 1 atom stereocenters. The third kappa shape index (κ3) is 4.07. The van der Waals surface area contributed by atoms with Crippen molar-refractivity contribution in [3.05, 3.63) is 0 Å². The summed E-state index contributed by atoms with van der Waals surface area (Å²) in [5.74, 6) is 0. The minimum atomic E-state index is 0.412. The zero-order chi connectivity index (χ0) is 9.68. The molecule has 3 nitrogen and oxygen atoms in total. The SMILES string of the molecule is CCCN(C)CC1CN(C)CCO1. The fraction of sp³-hybridized carbons (Fsp3) is 1.00. The topological polar surface area (TPSA) is 15.7 Å². The average Bonchev–Trinajstić information content (AvgIpc) is 2.04. The van der Waals surface area contributed by atoms with Gasteiger partial charge in [0.15, 0.2) is 0 Å². The number of hydrogen-bond donors (Lipinski definition) is 0. The van der Waals surface area contributed by atoms with Gasteiger partial charge >= 0.3 is 0 Å². The van der Waals surface area contributed by atoms with Gasteiger partial charge in [-0.3, -0.25) is 0 Å². The number of rotatable bonds is 4. The summed E-state index contributed by atoms with van der Waals surface area (Å²) in [5.41, 5.74) is 0. The number of nitrogens with zero attached hydrogens (tertiary/aromatic N) is 2. The third-order valence-electron chi connectivity index (χ3n) is 2.46. The molecule has 0 aromatic carbocycles. The molecule has 0 aromatic heterocycles. The van der Waals surface area contributed by atoms with E-state index in [0.29, 0.717) is 6.10 Å². The molecule has 1 aliphatic rings. The minimum Gasteiger partial charge on any atom is -0.374 e. The highest BCUT2D eigenvalue weighted by Crippen LogP contribution is 2.04. The van der Waals surface area contributed by atoms with Crippen LogP contribution in [0.4, 0.5) is 0 Å². The molecule has 0 aromatic rings. The van der Waals surface area contributed by atoms with Crippen LogP contribution in [-0.2, 0) is 4.74 Å². The second-order valence-electron chi connectivity index (χ2n) is 4.02. The molecule has 3 heteroatoms. The normalized spacial score (nSPS) is 25.4. The predicted molar refractivity (Wildman–Crippen MR) is 55.0 cm³/mol. The van der Waals surface area contributed by atoms with Crippen LogP contribution in [0, 0.1) is 0 Å². The highest BCUT2D eigenvalue weighted by atomic mass is 16.5. The number of likely N-dealkylation sites (N-methyl/N-ethyl adjacent to an activating group) is 2. The Hall–Kier alpha value is -0.120. The molecular weight excluding hydrogens is 164 g/mol. The molecule has 1 saturated heterocycles. The maximum absolute atomic E-state index is 5.68. The number of hydrogen-bond acceptors (Lipinski definition) is 3. The standard InChI is InChI=1S/C10H22N2O/c1-4-5-11(2)8-10-9-12(3)6-7-13-10/h10H,4-9H2,1-3H3. The van der Waals surface area contributed by atoms with Crippen LogP contribution >= 0.6 is 0 Å². The molecule has 78 valence electrons. The van der Waals surface area contributed by atoms with Crippen LogP contribution in [0.2, 0.25) is 0 Å². The van der Waals surface area contributed by atoms with Crippen molar-refractivity contribution in [1.29, 1.82) is 0 Å². The molecule has 1 heterocycles. The maximum Gasteiger partial charge on any atom is 0.0829 e. The molecule has 0 radical (unpaired) electrons. The maximum atomic E-state index is 5.68. The van der Waals surface area contributed by atoms with Gasteiger partial charge in [0.25, 0.3) is 0 Å². The minimum absolute atomic E-state index is 0.412. The first-order valence-electron chi connectivity index (χ1n) is 5.21. The quantitative estimate of drug-likeness (QED) is 0.641. The Morgan fingerprint density at radius 2 is 2.31 bits per heavy atom. The van der Waals surface area contributed by atoms with Crippen molar-refractivity contribution in [2.45, 2.75) is 19.4 Å². The lowest BCUT2D eigenvalue weighted by Gasteiger charge is -2.32. The lowest BCUT2D eigenvalue weighted by Crippen LogP contribution is -2.45.